The summed E-state index contributed by atoms with van der Waals surface area (Å²) in [6.45, 7) is 9.77. The topological polar surface area (TPSA) is 35.2 Å². The second-order valence-corrected chi connectivity index (χ2v) is 7.53. The monoisotopic (exact) mass is 361 g/mol. The largest absolute Gasteiger partial charge is 0.488 e. The number of aryl methyl sites for hydroxylation is 1. The van der Waals surface area contributed by atoms with Gasteiger partial charge >= 0.3 is 0 Å². The van der Waals surface area contributed by atoms with E-state index in [1.54, 1.807) is 0 Å². The highest BCUT2D eigenvalue weighted by Crippen LogP contribution is 2.37. The van der Waals surface area contributed by atoms with Gasteiger partial charge in [-0.25, -0.2) is 0 Å². The molecule has 0 atom stereocenters. The van der Waals surface area contributed by atoms with Gasteiger partial charge in [0.15, 0.2) is 0 Å². The maximum atomic E-state index is 6.20. The Bertz CT molecular complexity index is 659. The number of hydrogen-bond donors (Lipinski definition) is 1. The molecule has 2 aromatic rings. The molecule has 0 amide bonds. The standard InChI is InChI=1S/C19H24BrNO/c1-13-9-16(20)10-17(19(2,3)4)18(13)22-12-15-8-6-5-7-14(15)11-21/h5-10H,11-12,21H2,1-4H3. The third-order valence-corrected chi connectivity index (χ3v) is 4.22. The van der Waals surface area contributed by atoms with Crippen molar-refractivity contribution in [2.24, 2.45) is 5.73 Å². The molecule has 0 aliphatic rings. The van der Waals surface area contributed by atoms with Crippen molar-refractivity contribution < 1.29 is 4.74 Å². The number of nitrogens with two attached hydrogens (primary N) is 1. The molecule has 0 spiro atoms. The molecule has 2 aromatic carbocycles. The van der Waals surface area contributed by atoms with Crippen molar-refractivity contribution in [1.29, 1.82) is 0 Å². The van der Waals surface area contributed by atoms with Crippen LogP contribution < -0.4 is 10.5 Å². The number of ether oxygens (including phenoxy) is 1. The summed E-state index contributed by atoms with van der Waals surface area (Å²) in [5.41, 5.74) is 10.5. The van der Waals surface area contributed by atoms with Crippen LogP contribution >= 0.6 is 15.9 Å². The Morgan fingerprint density at radius 3 is 2.32 bits per heavy atom. The lowest BCUT2D eigenvalue weighted by molar-refractivity contribution is 0.294. The highest BCUT2D eigenvalue weighted by molar-refractivity contribution is 9.10. The second-order valence-electron chi connectivity index (χ2n) is 6.61. The van der Waals surface area contributed by atoms with Crippen molar-refractivity contribution in [3.63, 3.8) is 0 Å². The van der Waals surface area contributed by atoms with Gasteiger partial charge in [-0.15, -0.1) is 0 Å². The third-order valence-electron chi connectivity index (χ3n) is 3.76. The average molecular weight is 362 g/mol. The van der Waals surface area contributed by atoms with Crippen LogP contribution in [0.1, 0.15) is 43.0 Å². The zero-order chi connectivity index (χ0) is 16.3. The van der Waals surface area contributed by atoms with E-state index in [1.807, 2.05) is 12.1 Å². The van der Waals surface area contributed by atoms with E-state index < -0.39 is 0 Å². The average Bonchev–Trinajstić information content (AvgIpc) is 2.45. The number of hydrogen-bond acceptors (Lipinski definition) is 2. The summed E-state index contributed by atoms with van der Waals surface area (Å²) in [5, 5.41) is 0. The lowest BCUT2D eigenvalue weighted by Gasteiger charge is -2.25. The Hall–Kier alpha value is -1.32. The predicted molar refractivity (Wildman–Crippen MR) is 96.2 cm³/mol. The zero-order valence-corrected chi connectivity index (χ0v) is 15.3. The molecule has 0 aliphatic carbocycles. The first-order valence-electron chi connectivity index (χ1n) is 7.53. The van der Waals surface area contributed by atoms with Gasteiger partial charge in [0.1, 0.15) is 12.4 Å². The smallest absolute Gasteiger partial charge is 0.126 e. The fourth-order valence-corrected chi connectivity index (χ4v) is 3.10. The van der Waals surface area contributed by atoms with Crippen LogP contribution in [0.2, 0.25) is 0 Å². The van der Waals surface area contributed by atoms with Crippen LogP contribution in [-0.2, 0) is 18.6 Å². The molecule has 118 valence electrons. The zero-order valence-electron chi connectivity index (χ0n) is 13.7. The van der Waals surface area contributed by atoms with Crippen LogP contribution in [0, 0.1) is 6.92 Å². The highest BCUT2D eigenvalue weighted by Gasteiger charge is 2.21. The predicted octanol–water partition coefficient (Wildman–Crippen LogP) is 5.09. The fraction of sp³-hybridized carbons (Fsp3) is 0.368. The van der Waals surface area contributed by atoms with E-state index in [4.69, 9.17) is 10.5 Å². The molecule has 3 heteroatoms. The summed E-state index contributed by atoms with van der Waals surface area (Å²) in [6.07, 6.45) is 0. The minimum Gasteiger partial charge on any atom is -0.488 e. The van der Waals surface area contributed by atoms with Gasteiger partial charge < -0.3 is 10.5 Å². The third kappa shape index (κ3) is 3.90. The number of halogens is 1. The summed E-state index contributed by atoms with van der Waals surface area (Å²) in [6, 6.07) is 12.4. The van der Waals surface area contributed by atoms with Crippen molar-refractivity contribution in [2.75, 3.05) is 0 Å². The SMILES string of the molecule is Cc1cc(Br)cc(C(C)(C)C)c1OCc1ccccc1CN. The van der Waals surface area contributed by atoms with Crippen molar-refractivity contribution >= 4 is 15.9 Å². The van der Waals surface area contributed by atoms with E-state index in [-0.39, 0.29) is 5.41 Å². The van der Waals surface area contributed by atoms with Gasteiger partial charge in [0, 0.05) is 16.6 Å². The molecule has 0 radical (unpaired) electrons. The van der Waals surface area contributed by atoms with Gasteiger partial charge in [0.05, 0.1) is 0 Å². The van der Waals surface area contributed by atoms with Crippen molar-refractivity contribution in [3.8, 4) is 5.75 Å². The van der Waals surface area contributed by atoms with Crippen LogP contribution in [0.4, 0.5) is 0 Å². The molecular formula is C19H24BrNO. The Kier molecular flexibility index (Phi) is 5.30. The fourth-order valence-electron chi connectivity index (χ4n) is 2.53. The summed E-state index contributed by atoms with van der Waals surface area (Å²) in [7, 11) is 0. The Morgan fingerprint density at radius 2 is 1.73 bits per heavy atom. The van der Waals surface area contributed by atoms with Crippen molar-refractivity contribution in [2.45, 2.75) is 46.3 Å². The van der Waals surface area contributed by atoms with Gasteiger partial charge in [0.25, 0.3) is 0 Å². The minimum absolute atomic E-state index is 0.0251. The van der Waals surface area contributed by atoms with Crippen molar-refractivity contribution in [1.82, 2.24) is 0 Å². The van der Waals surface area contributed by atoms with Crippen LogP contribution in [0.25, 0.3) is 0 Å². The van der Waals surface area contributed by atoms with Crippen LogP contribution in [0.5, 0.6) is 5.75 Å². The van der Waals surface area contributed by atoms with Crippen LogP contribution in [-0.4, -0.2) is 0 Å². The van der Waals surface area contributed by atoms with Gasteiger partial charge in [-0.3, -0.25) is 0 Å². The first-order valence-corrected chi connectivity index (χ1v) is 8.32. The molecular weight excluding hydrogens is 338 g/mol. The molecule has 2 rings (SSSR count). The van der Waals surface area contributed by atoms with E-state index >= 15 is 0 Å². The molecule has 0 heterocycles. The van der Waals surface area contributed by atoms with E-state index in [9.17, 15) is 0 Å². The first-order chi connectivity index (χ1) is 10.3. The normalized spacial score (nSPS) is 11.5. The maximum Gasteiger partial charge on any atom is 0.126 e. The van der Waals surface area contributed by atoms with E-state index in [1.165, 1.54) is 5.56 Å². The molecule has 0 fully saturated rings. The molecule has 0 aromatic heterocycles. The second kappa shape index (κ2) is 6.84. The Balaban J connectivity index is 2.34. The summed E-state index contributed by atoms with van der Waals surface area (Å²) >= 11 is 3.59. The van der Waals surface area contributed by atoms with E-state index in [0.717, 1.165) is 26.9 Å². The molecule has 0 unspecified atom stereocenters. The minimum atomic E-state index is 0.0251. The number of rotatable bonds is 4. The van der Waals surface area contributed by atoms with Gasteiger partial charge in [0.2, 0.25) is 0 Å². The van der Waals surface area contributed by atoms with E-state index in [2.05, 4.69) is 67.9 Å². The summed E-state index contributed by atoms with van der Waals surface area (Å²) in [4.78, 5) is 0. The van der Waals surface area contributed by atoms with Gasteiger partial charge in [-0.1, -0.05) is 61.0 Å². The summed E-state index contributed by atoms with van der Waals surface area (Å²) < 4.78 is 7.29. The highest BCUT2D eigenvalue weighted by atomic mass is 79.9. The molecule has 0 saturated heterocycles. The van der Waals surface area contributed by atoms with Crippen molar-refractivity contribution in [3.05, 3.63) is 63.1 Å². The van der Waals surface area contributed by atoms with Crippen LogP contribution in [0.15, 0.2) is 40.9 Å². The number of benzene rings is 2. The molecule has 2 nitrogen and oxygen atoms in total. The van der Waals surface area contributed by atoms with Gasteiger partial charge in [-0.2, -0.15) is 0 Å². The van der Waals surface area contributed by atoms with Gasteiger partial charge in [-0.05, 0) is 41.2 Å². The summed E-state index contributed by atoms with van der Waals surface area (Å²) in [5.74, 6) is 0.975. The molecule has 0 bridgehead atoms. The molecule has 0 aliphatic heterocycles. The molecule has 0 saturated carbocycles. The lowest BCUT2D eigenvalue weighted by Crippen LogP contribution is -2.15. The molecule has 22 heavy (non-hydrogen) atoms. The molecule has 2 N–H and O–H groups in total. The first kappa shape index (κ1) is 17.0. The quantitative estimate of drug-likeness (QED) is 0.822. The van der Waals surface area contributed by atoms with E-state index in [0.29, 0.717) is 13.2 Å². The van der Waals surface area contributed by atoms with Crippen LogP contribution in [0.3, 0.4) is 0 Å². The lowest BCUT2D eigenvalue weighted by atomic mass is 9.85. The Labute approximate surface area is 141 Å². The Morgan fingerprint density at radius 1 is 1.09 bits per heavy atom. The maximum absolute atomic E-state index is 6.20.